The van der Waals surface area contributed by atoms with E-state index in [1.807, 2.05) is 0 Å². The van der Waals surface area contributed by atoms with Crippen molar-refractivity contribution in [2.75, 3.05) is 19.8 Å². The molecule has 0 N–H and O–H groups in total. The van der Waals surface area contributed by atoms with E-state index in [4.69, 9.17) is 4.74 Å². The van der Waals surface area contributed by atoms with Crippen LogP contribution >= 0.6 is 0 Å². The molecule has 1 aliphatic rings. The number of hydrogen-bond donors (Lipinski definition) is 0. The summed E-state index contributed by atoms with van der Waals surface area (Å²) in [5.74, 6) is -1.46. The van der Waals surface area contributed by atoms with Crippen LogP contribution in [0.1, 0.15) is 11.6 Å². The van der Waals surface area contributed by atoms with Gasteiger partial charge in [0.1, 0.15) is 16.5 Å². The van der Waals surface area contributed by atoms with Gasteiger partial charge in [0, 0.05) is 6.54 Å². The maximum absolute atomic E-state index is 13.7. The smallest absolute Gasteiger partial charge is 0.387 e. The third-order valence-electron chi connectivity index (χ3n) is 3.97. The van der Waals surface area contributed by atoms with Crippen molar-refractivity contribution in [2.45, 2.75) is 17.5 Å². The zero-order chi connectivity index (χ0) is 18.7. The van der Waals surface area contributed by atoms with Gasteiger partial charge in [-0.25, -0.2) is 12.8 Å². The molecule has 0 spiro atoms. The van der Waals surface area contributed by atoms with Gasteiger partial charge in [0.05, 0.1) is 19.3 Å². The largest absolute Gasteiger partial charge is 0.433 e. The Morgan fingerprint density at radius 1 is 1.15 bits per heavy atom. The summed E-state index contributed by atoms with van der Waals surface area (Å²) in [5, 5.41) is 0. The second-order valence-electron chi connectivity index (χ2n) is 5.59. The first-order valence-corrected chi connectivity index (χ1v) is 9.22. The molecule has 140 valence electrons. The number of nitrogens with zero attached hydrogens (tertiary/aromatic N) is 1. The van der Waals surface area contributed by atoms with Crippen LogP contribution in [-0.4, -0.2) is 39.1 Å². The molecule has 2 aromatic carbocycles. The van der Waals surface area contributed by atoms with Gasteiger partial charge in [0.2, 0.25) is 10.0 Å². The highest BCUT2D eigenvalue weighted by Gasteiger charge is 2.37. The van der Waals surface area contributed by atoms with Crippen LogP contribution in [0.3, 0.4) is 0 Å². The van der Waals surface area contributed by atoms with Crippen molar-refractivity contribution >= 4 is 10.0 Å². The third kappa shape index (κ3) is 3.84. The zero-order valence-corrected chi connectivity index (χ0v) is 14.3. The molecule has 0 aromatic heterocycles. The van der Waals surface area contributed by atoms with E-state index in [1.54, 1.807) is 30.3 Å². The van der Waals surface area contributed by atoms with E-state index >= 15 is 0 Å². The Labute approximate surface area is 149 Å². The Morgan fingerprint density at radius 3 is 2.58 bits per heavy atom. The Hall–Kier alpha value is -2.10. The molecule has 0 saturated carbocycles. The van der Waals surface area contributed by atoms with Crippen molar-refractivity contribution < 1.29 is 31.1 Å². The summed E-state index contributed by atoms with van der Waals surface area (Å²) in [5.41, 5.74) is 0.684. The van der Waals surface area contributed by atoms with E-state index < -0.39 is 39.1 Å². The first-order valence-electron chi connectivity index (χ1n) is 7.78. The van der Waals surface area contributed by atoms with Gasteiger partial charge in [0.15, 0.2) is 0 Å². The second-order valence-corrected chi connectivity index (χ2v) is 7.45. The molecular formula is C17H16F3NO4S. The summed E-state index contributed by atoms with van der Waals surface area (Å²) < 4.78 is 75.9. The van der Waals surface area contributed by atoms with Crippen molar-refractivity contribution in [2.24, 2.45) is 0 Å². The topological polar surface area (TPSA) is 55.8 Å². The molecule has 0 amide bonds. The maximum atomic E-state index is 13.7. The fourth-order valence-electron chi connectivity index (χ4n) is 2.82. The Morgan fingerprint density at radius 2 is 1.88 bits per heavy atom. The fourth-order valence-corrected chi connectivity index (χ4v) is 4.53. The highest BCUT2D eigenvalue weighted by Crippen LogP contribution is 2.35. The van der Waals surface area contributed by atoms with E-state index in [1.165, 1.54) is 0 Å². The molecule has 0 bridgehead atoms. The summed E-state index contributed by atoms with van der Waals surface area (Å²) in [7, 11) is -4.30. The highest BCUT2D eigenvalue weighted by molar-refractivity contribution is 7.89. The predicted octanol–water partition coefficient (Wildman–Crippen LogP) is 3.19. The number of halogens is 3. The standard InChI is InChI=1S/C17H16F3NO4S/c18-13-6-7-15(25-17(19)20)16(10-13)26(22,23)21-8-9-24-11-14(21)12-4-2-1-3-5-12/h1-7,10,14,17H,8-9,11H2. The summed E-state index contributed by atoms with van der Waals surface area (Å²) in [6.45, 7) is -2.98. The van der Waals surface area contributed by atoms with Crippen molar-refractivity contribution in [3.8, 4) is 5.75 Å². The molecule has 3 rings (SSSR count). The van der Waals surface area contributed by atoms with Gasteiger partial charge >= 0.3 is 6.61 Å². The van der Waals surface area contributed by atoms with E-state index in [0.29, 0.717) is 11.6 Å². The lowest BCUT2D eigenvalue weighted by Crippen LogP contribution is -2.43. The van der Waals surface area contributed by atoms with Gasteiger partial charge < -0.3 is 9.47 Å². The normalized spacial score (nSPS) is 18.8. The summed E-state index contributed by atoms with van der Waals surface area (Å²) in [6.07, 6.45) is 0. The van der Waals surface area contributed by atoms with Crippen LogP contribution < -0.4 is 4.74 Å². The predicted molar refractivity (Wildman–Crippen MR) is 86.9 cm³/mol. The highest BCUT2D eigenvalue weighted by atomic mass is 32.2. The summed E-state index contributed by atoms with van der Waals surface area (Å²) >= 11 is 0. The molecule has 1 atom stereocenters. The quantitative estimate of drug-likeness (QED) is 0.791. The fraction of sp³-hybridized carbons (Fsp3) is 0.294. The molecule has 9 heteroatoms. The Kier molecular flexibility index (Phi) is 5.49. The first-order chi connectivity index (χ1) is 12.4. The number of rotatable bonds is 5. The van der Waals surface area contributed by atoms with Crippen LogP contribution in [0.2, 0.25) is 0 Å². The van der Waals surface area contributed by atoms with E-state index in [0.717, 1.165) is 16.4 Å². The minimum atomic E-state index is -4.30. The number of sulfonamides is 1. The number of morpholine rings is 1. The molecule has 26 heavy (non-hydrogen) atoms. The number of alkyl halides is 2. The van der Waals surface area contributed by atoms with Crippen LogP contribution in [0.15, 0.2) is 53.4 Å². The summed E-state index contributed by atoms with van der Waals surface area (Å²) in [4.78, 5) is -0.638. The van der Waals surface area contributed by atoms with Crippen molar-refractivity contribution in [1.82, 2.24) is 4.31 Å². The van der Waals surface area contributed by atoms with Crippen LogP contribution in [0.4, 0.5) is 13.2 Å². The van der Waals surface area contributed by atoms with Gasteiger partial charge in [0.25, 0.3) is 0 Å². The first kappa shape index (κ1) is 18.7. The van der Waals surface area contributed by atoms with Gasteiger partial charge in [-0.2, -0.15) is 13.1 Å². The Bertz CT molecular complexity index is 862. The minimum absolute atomic E-state index is 0.00647. The van der Waals surface area contributed by atoms with Gasteiger partial charge in [-0.15, -0.1) is 0 Å². The third-order valence-corrected chi connectivity index (χ3v) is 5.90. The van der Waals surface area contributed by atoms with Crippen molar-refractivity contribution in [3.63, 3.8) is 0 Å². The maximum Gasteiger partial charge on any atom is 0.387 e. The molecular weight excluding hydrogens is 371 g/mol. The van der Waals surface area contributed by atoms with Crippen LogP contribution in [0.5, 0.6) is 5.75 Å². The summed E-state index contributed by atoms with van der Waals surface area (Å²) in [6, 6.07) is 10.5. The average molecular weight is 387 g/mol. The lowest BCUT2D eigenvalue weighted by molar-refractivity contribution is -0.0519. The van der Waals surface area contributed by atoms with Crippen LogP contribution in [-0.2, 0) is 14.8 Å². The minimum Gasteiger partial charge on any atom is -0.433 e. The van der Waals surface area contributed by atoms with E-state index in [9.17, 15) is 21.6 Å². The molecule has 1 aliphatic heterocycles. The van der Waals surface area contributed by atoms with Gasteiger partial charge in [-0.3, -0.25) is 0 Å². The van der Waals surface area contributed by atoms with Crippen molar-refractivity contribution in [1.29, 1.82) is 0 Å². The van der Waals surface area contributed by atoms with Crippen LogP contribution in [0, 0.1) is 5.82 Å². The number of hydrogen-bond acceptors (Lipinski definition) is 4. The number of benzene rings is 2. The lowest BCUT2D eigenvalue weighted by atomic mass is 10.1. The van der Waals surface area contributed by atoms with Crippen molar-refractivity contribution in [3.05, 3.63) is 59.9 Å². The molecule has 1 unspecified atom stereocenters. The molecule has 5 nitrogen and oxygen atoms in total. The molecule has 0 aliphatic carbocycles. The zero-order valence-electron chi connectivity index (χ0n) is 13.5. The molecule has 2 aromatic rings. The average Bonchev–Trinajstić information content (AvgIpc) is 2.63. The van der Waals surface area contributed by atoms with Gasteiger partial charge in [-0.05, 0) is 23.8 Å². The molecule has 1 saturated heterocycles. The molecule has 0 radical (unpaired) electrons. The van der Waals surface area contributed by atoms with E-state index in [-0.39, 0.29) is 19.8 Å². The van der Waals surface area contributed by atoms with Gasteiger partial charge in [-0.1, -0.05) is 30.3 Å². The second kappa shape index (κ2) is 7.65. The van der Waals surface area contributed by atoms with Crippen LogP contribution in [0.25, 0.3) is 0 Å². The lowest BCUT2D eigenvalue weighted by Gasteiger charge is -2.35. The van der Waals surface area contributed by atoms with E-state index in [2.05, 4.69) is 4.74 Å². The molecule has 1 heterocycles. The number of ether oxygens (including phenoxy) is 2. The SMILES string of the molecule is O=S(=O)(c1cc(F)ccc1OC(F)F)N1CCOCC1c1ccccc1. The monoisotopic (exact) mass is 387 g/mol. The molecule has 1 fully saturated rings. The Balaban J connectivity index is 2.05.